The maximum absolute atomic E-state index is 15.7. The number of carbonyl (C=O) groups is 4. The van der Waals surface area contributed by atoms with Gasteiger partial charge in [-0.25, -0.2) is 39.9 Å². The zero-order valence-corrected chi connectivity index (χ0v) is 40.5. The lowest BCUT2D eigenvalue weighted by Gasteiger charge is -2.24. The van der Waals surface area contributed by atoms with E-state index in [1.54, 1.807) is 5.32 Å². The van der Waals surface area contributed by atoms with Gasteiger partial charge in [0.05, 0.1) is 72.2 Å². The van der Waals surface area contributed by atoms with Crippen LogP contribution in [0.1, 0.15) is 85.5 Å². The molecule has 0 fully saturated rings. The zero-order chi connectivity index (χ0) is 55.9. The SMILES string of the molecule is C.C.CCOC(=O)c1c(O)c2ncc(Cc3ccc(F)cc3)c(Cl)c2n(CC(F)(F)CN2C(=O)c3ccccc3C2=O)c1=O.O=C(NCC(F)(F)CO)c1c(O)c2ncc(Cc3ccc(F)cc3)c3c2n(c1=O)CC(F)(F)CN3. The van der Waals surface area contributed by atoms with Crippen LogP contribution in [0.15, 0.2) is 94.8 Å². The van der Waals surface area contributed by atoms with E-state index in [1.807, 2.05) is 0 Å². The number of aliphatic hydroxyl groups excluding tert-OH is 1. The van der Waals surface area contributed by atoms with E-state index in [1.165, 1.54) is 92.1 Å². The fourth-order valence-electron chi connectivity index (χ4n) is 8.57. The monoisotopic (exact) mass is 1130 g/mol. The van der Waals surface area contributed by atoms with Crippen molar-refractivity contribution in [1.82, 2.24) is 29.3 Å². The second-order valence-corrected chi connectivity index (χ2v) is 18.1. The number of rotatable bonds is 14. The molecule has 3 aromatic carbocycles. The molecular weight excluding hydrogens is 1080 g/mol. The minimum absolute atomic E-state index is 0. The van der Waals surface area contributed by atoms with E-state index >= 15 is 8.78 Å². The number of anilines is 1. The van der Waals surface area contributed by atoms with Crippen LogP contribution in [0.25, 0.3) is 22.1 Å². The van der Waals surface area contributed by atoms with E-state index < -0.39 is 137 Å². The lowest BCUT2D eigenvalue weighted by atomic mass is 10.0. The number of pyridine rings is 4. The smallest absolute Gasteiger partial charge is 0.347 e. The molecule has 0 aliphatic carbocycles. The number of aromatic hydroxyl groups is 2. The Kier molecular flexibility index (Phi) is 17.6. The van der Waals surface area contributed by atoms with Gasteiger partial charge in [0, 0.05) is 30.8 Å². The summed E-state index contributed by atoms with van der Waals surface area (Å²) in [5.74, 6) is -18.5. The number of hydrogen-bond acceptors (Lipinski definition) is 13. The third-order valence-electron chi connectivity index (χ3n) is 12.2. The molecule has 0 bridgehead atoms. The number of benzene rings is 3. The summed E-state index contributed by atoms with van der Waals surface area (Å²) < 4.78 is 120. The molecule has 0 atom stereocenters. The van der Waals surface area contributed by atoms with Gasteiger partial charge in [0.15, 0.2) is 17.1 Å². The number of esters is 1. The van der Waals surface area contributed by atoms with Gasteiger partial charge in [0.2, 0.25) is 0 Å². The second-order valence-electron chi connectivity index (χ2n) is 17.7. The van der Waals surface area contributed by atoms with Crippen molar-refractivity contribution in [3.8, 4) is 11.5 Å². The minimum atomic E-state index is -3.91. The van der Waals surface area contributed by atoms with Gasteiger partial charge in [-0.05, 0) is 60.0 Å². The average molecular weight is 1130 g/mol. The first-order valence-electron chi connectivity index (χ1n) is 22.9. The van der Waals surface area contributed by atoms with E-state index in [0.29, 0.717) is 30.7 Å². The summed E-state index contributed by atoms with van der Waals surface area (Å²) >= 11 is 6.61. The van der Waals surface area contributed by atoms with Gasteiger partial charge >= 0.3 is 5.97 Å². The molecule has 6 heterocycles. The first-order chi connectivity index (χ1) is 36.4. The summed E-state index contributed by atoms with van der Waals surface area (Å²) in [4.78, 5) is 85.6. The number of fused-ring (bicyclic) bond motifs is 2. The van der Waals surface area contributed by atoms with Gasteiger partial charge < -0.3 is 30.7 Å². The molecule has 17 nitrogen and oxygen atoms in total. The number of ether oxygens (including phenoxy) is 1. The van der Waals surface area contributed by atoms with Crippen LogP contribution in [0.3, 0.4) is 0 Å². The highest BCUT2D eigenvalue weighted by molar-refractivity contribution is 6.36. The standard InChI is InChI=1S/C29H21ClF3N3O6.C22H19F5N4O4.2CH4/c1-2-42-28(41)20-24(37)22-23(21(30)16(12-34-22)11-15-7-9-17(31)10-8-15)35(27(20)40)13-29(32,33)14-36-25(38)18-5-3-4-6-19(18)26(36)39;23-13-3-1-11(2-4-13)5-12-6-28-16-17-15(12)29-7-21(24,25)9-31(17)20(35)14(18(16)33)19(34)30-8-22(26,27)10-32;;/h3-10,12,37H,2,11,13-14H2,1H3;1-4,6,29,32-33H,5,7-10H2,(H,30,34);2*1H4. The summed E-state index contributed by atoms with van der Waals surface area (Å²) in [7, 11) is 0. The zero-order valence-electron chi connectivity index (χ0n) is 39.8. The Morgan fingerprint density at radius 3 is 1.82 bits per heavy atom. The molecule has 4 aromatic heterocycles. The van der Waals surface area contributed by atoms with Crippen molar-refractivity contribution >= 4 is 63.0 Å². The Balaban J connectivity index is 0.000000253. The summed E-state index contributed by atoms with van der Waals surface area (Å²) in [5.41, 5.74) is -4.26. The molecule has 9 rings (SSSR count). The number of alkyl halides is 6. The molecule has 5 N–H and O–H groups in total. The van der Waals surface area contributed by atoms with Crippen molar-refractivity contribution in [3.05, 3.63) is 167 Å². The third kappa shape index (κ3) is 12.2. The molecule has 2 aliphatic rings. The van der Waals surface area contributed by atoms with Crippen LogP contribution < -0.4 is 21.8 Å². The Bertz CT molecular complexity index is 3620. The summed E-state index contributed by atoms with van der Waals surface area (Å²) in [5, 5.41) is 34.2. The largest absolute Gasteiger partial charge is 0.505 e. The molecule has 7 aromatic rings. The van der Waals surface area contributed by atoms with Crippen LogP contribution in [0.2, 0.25) is 5.02 Å². The van der Waals surface area contributed by atoms with Gasteiger partial charge in [0.25, 0.3) is 46.6 Å². The number of aromatic nitrogens is 4. The highest BCUT2D eigenvalue weighted by atomic mass is 35.5. The molecule has 0 saturated heterocycles. The van der Waals surface area contributed by atoms with Crippen molar-refractivity contribution in [1.29, 1.82) is 0 Å². The average Bonchev–Trinajstić information content (AvgIpc) is 3.76. The minimum Gasteiger partial charge on any atom is -0.505 e. The molecular formula is C53H48ClF8N7O10. The molecule has 2 aliphatic heterocycles. The molecule has 0 spiro atoms. The van der Waals surface area contributed by atoms with Crippen LogP contribution in [-0.4, -0.2) is 114 Å². The number of hydrogen-bond donors (Lipinski definition) is 5. The van der Waals surface area contributed by atoms with Gasteiger partial charge in [-0.15, -0.1) is 0 Å². The number of carbonyl (C=O) groups excluding carboxylic acids is 4. The van der Waals surface area contributed by atoms with Gasteiger partial charge in [0.1, 0.15) is 34.8 Å². The molecule has 0 radical (unpaired) electrons. The third-order valence-corrected chi connectivity index (χ3v) is 12.6. The van der Waals surface area contributed by atoms with E-state index in [2.05, 4.69) is 15.3 Å². The van der Waals surface area contributed by atoms with Gasteiger partial charge in [-0.3, -0.25) is 48.0 Å². The predicted octanol–water partition coefficient (Wildman–Crippen LogP) is 8.12. The quantitative estimate of drug-likeness (QED) is 0.0394. The Hall–Kier alpha value is -8.45. The molecule has 26 heteroatoms. The van der Waals surface area contributed by atoms with Crippen LogP contribution in [0.4, 0.5) is 40.8 Å². The highest BCUT2D eigenvalue weighted by Crippen LogP contribution is 2.38. The summed E-state index contributed by atoms with van der Waals surface area (Å²) in [6.45, 7) is -6.55. The van der Waals surface area contributed by atoms with E-state index in [9.17, 15) is 65.3 Å². The predicted molar refractivity (Wildman–Crippen MR) is 273 cm³/mol. The summed E-state index contributed by atoms with van der Waals surface area (Å²) in [6, 6.07) is 16.4. The van der Waals surface area contributed by atoms with Crippen molar-refractivity contribution < 1.29 is 74.4 Å². The highest BCUT2D eigenvalue weighted by Gasteiger charge is 2.44. The molecule has 79 heavy (non-hydrogen) atoms. The number of nitrogens with zero attached hydrogens (tertiary/aromatic N) is 5. The van der Waals surface area contributed by atoms with Crippen LogP contribution in [0.5, 0.6) is 11.5 Å². The Morgan fingerprint density at radius 1 is 0.759 bits per heavy atom. The fourth-order valence-corrected chi connectivity index (χ4v) is 8.88. The second kappa shape index (κ2) is 23.3. The number of amides is 3. The van der Waals surface area contributed by atoms with Crippen molar-refractivity contribution in [3.63, 3.8) is 0 Å². The molecule has 3 amide bonds. The van der Waals surface area contributed by atoms with Crippen LogP contribution in [-0.2, 0) is 30.7 Å². The maximum Gasteiger partial charge on any atom is 0.347 e. The fraction of sp³-hybridized carbons (Fsp3) is 0.283. The molecule has 418 valence electrons. The Morgan fingerprint density at radius 2 is 1.28 bits per heavy atom. The van der Waals surface area contributed by atoms with E-state index in [0.717, 1.165) is 0 Å². The van der Waals surface area contributed by atoms with Crippen molar-refractivity contribution in [2.45, 2.75) is 65.5 Å². The Labute approximate surface area is 447 Å². The summed E-state index contributed by atoms with van der Waals surface area (Å²) in [6.07, 6.45) is 2.65. The molecule has 0 unspecified atom stereocenters. The topological polar surface area (TPSA) is 235 Å². The van der Waals surface area contributed by atoms with Crippen LogP contribution in [0, 0.1) is 11.6 Å². The first-order valence-corrected chi connectivity index (χ1v) is 23.3. The van der Waals surface area contributed by atoms with E-state index in [4.69, 9.17) is 21.4 Å². The van der Waals surface area contributed by atoms with E-state index in [-0.39, 0.29) is 72.7 Å². The number of aliphatic hydroxyl groups is 1. The number of nitrogens with one attached hydrogen (secondary N) is 2. The van der Waals surface area contributed by atoms with Crippen LogP contribution >= 0.6 is 11.6 Å². The number of imide groups is 1. The molecule has 0 saturated carbocycles. The maximum atomic E-state index is 15.7. The first kappa shape index (κ1) is 59.8. The normalized spacial score (nSPS) is 13.6. The van der Waals surface area contributed by atoms with Gasteiger partial charge in [-0.2, -0.15) is 0 Å². The van der Waals surface area contributed by atoms with Gasteiger partial charge in [-0.1, -0.05) is 62.9 Å². The number of halogens is 9. The van der Waals surface area contributed by atoms with Crippen molar-refractivity contribution in [2.24, 2.45) is 0 Å². The lowest BCUT2D eigenvalue weighted by Crippen LogP contribution is -2.44. The lowest BCUT2D eigenvalue weighted by molar-refractivity contribution is -0.0462. The van der Waals surface area contributed by atoms with Crippen molar-refractivity contribution in [2.75, 3.05) is 38.2 Å².